The highest BCUT2D eigenvalue weighted by Crippen LogP contribution is 2.24. The fraction of sp³-hybridized carbons (Fsp3) is 0.0588. The summed E-state index contributed by atoms with van der Waals surface area (Å²) in [5, 5.41) is 0.897. The number of aromatic nitrogens is 1. The van der Waals surface area contributed by atoms with E-state index in [1.807, 2.05) is 18.2 Å². The average Bonchev–Trinajstić information content (AvgIpc) is 2.47. The van der Waals surface area contributed by atoms with Gasteiger partial charge >= 0.3 is 0 Å². The summed E-state index contributed by atoms with van der Waals surface area (Å²) in [6.07, 6.45) is 2.54. The number of nitrogens with zero attached hydrogens (tertiary/aromatic N) is 1. The highest BCUT2D eigenvalue weighted by atomic mass is 16.1. The maximum Gasteiger partial charge on any atom is 0.150 e. The molecule has 2 aromatic carbocycles. The zero-order chi connectivity index (χ0) is 13.2. The molecule has 0 aliphatic rings. The van der Waals surface area contributed by atoms with Crippen LogP contribution < -0.4 is 0 Å². The fourth-order valence-corrected chi connectivity index (χ4v) is 2.20. The largest absolute Gasteiger partial charge is 0.298 e. The number of fused-ring (bicyclic) bond motifs is 1. The minimum absolute atomic E-state index is 0.681. The Hall–Kier alpha value is -2.48. The number of benzene rings is 2. The molecule has 2 nitrogen and oxygen atoms in total. The Labute approximate surface area is 111 Å². The van der Waals surface area contributed by atoms with Crippen LogP contribution in [0, 0.1) is 6.92 Å². The molecule has 19 heavy (non-hydrogen) atoms. The molecule has 3 rings (SSSR count). The first kappa shape index (κ1) is 11.6. The molecular formula is C17H13NO. The van der Waals surface area contributed by atoms with Crippen LogP contribution in [-0.4, -0.2) is 11.3 Å². The lowest BCUT2D eigenvalue weighted by Gasteiger charge is -2.05. The third-order valence-corrected chi connectivity index (χ3v) is 3.29. The van der Waals surface area contributed by atoms with Gasteiger partial charge in [0.2, 0.25) is 0 Å². The second-order valence-electron chi connectivity index (χ2n) is 4.62. The van der Waals surface area contributed by atoms with Gasteiger partial charge in [-0.1, -0.05) is 42.0 Å². The number of rotatable bonds is 2. The SMILES string of the molecule is Cc1ccc(-c2ccc3c(C=O)ccnc3c2)cc1. The van der Waals surface area contributed by atoms with Crippen molar-refractivity contribution in [1.29, 1.82) is 0 Å². The zero-order valence-corrected chi connectivity index (χ0v) is 10.6. The van der Waals surface area contributed by atoms with Gasteiger partial charge in [0.25, 0.3) is 0 Å². The third-order valence-electron chi connectivity index (χ3n) is 3.29. The molecule has 0 amide bonds. The van der Waals surface area contributed by atoms with Gasteiger partial charge in [-0.15, -0.1) is 0 Å². The van der Waals surface area contributed by atoms with Crippen molar-refractivity contribution >= 4 is 17.2 Å². The van der Waals surface area contributed by atoms with Crippen molar-refractivity contribution in [1.82, 2.24) is 4.98 Å². The van der Waals surface area contributed by atoms with Crippen LogP contribution in [0.5, 0.6) is 0 Å². The summed E-state index contributed by atoms with van der Waals surface area (Å²) in [5.41, 5.74) is 5.04. The van der Waals surface area contributed by atoms with Crippen LogP contribution in [0.1, 0.15) is 15.9 Å². The van der Waals surface area contributed by atoms with Crippen molar-refractivity contribution < 1.29 is 4.79 Å². The first-order chi connectivity index (χ1) is 9.28. The molecule has 0 aliphatic heterocycles. The summed E-state index contributed by atoms with van der Waals surface area (Å²) in [5.74, 6) is 0. The molecule has 92 valence electrons. The average molecular weight is 247 g/mol. The van der Waals surface area contributed by atoms with E-state index in [0.717, 1.165) is 28.3 Å². The fourth-order valence-electron chi connectivity index (χ4n) is 2.20. The molecule has 0 saturated heterocycles. The molecule has 0 bridgehead atoms. The van der Waals surface area contributed by atoms with Gasteiger partial charge < -0.3 is 0 Å². The minimum Gasteiger partial charge on any atom is -0.298 e. The van der Waals surface area contributed by atoms with Crippen LogP contribution in [0.3, 0.4) is 0 Å². The molecule has 1 aromatic heterocycles. The number of hydrogen-bond acceptors (Lipinski definition) is 2. The van der Waals surface area contributed by atoms with E-state index in [1.165, 1.54) is 5.56 Å². The van der Waals surface area contributed by atoms with Gasteiger partial charge in [-0.2, -0.15) is 0 Å². The Morgan fingerprint density at radius 1 is 0.947 bits per heavy atom. The molecular weight excluding hydrogens is 234 g/mol. The zero-order valence-electron chi connectivity index (χ0n) is 10.6. The molecule has 0 atom stereocenters. The maximum absolute atomic E-state index is 11.0. The number of carbonyl (C=O) groups is 1. The van der Waals surface area contributed by atoms with E-state index in [2.05, 4.69) is 36.2 Å². The van der Waals surface area contributed by atoms with Crippen LogP contribution in [0.25, 0.3) is 22.0 Å². The topological polar surface area (TPSA) is 30.0 Å². The molecule has 0 unspecified atom stereocenters. The van der Waals surface area contributed by atoms with E-state index in [-0.39, 0.29) is 0 Å². The highest BCUT2D eigenvalue weighted by molar-refractivity contribution is 5.97. The van der Waals surface area contributed by atoms with Crippen LogP contribution in [0.4, 0.5) is 0 Å². The van der Waals surface area contributed by atoms with Gasteiger partial charge in [-0.25, -0.2) is 0 Å². The Morgan fingerprint density at radius 2 is 1.68 bits per heavy atom. The van der Waals surface area contributed by atoms with Crippen molar-refractivity contribution in [3.05, 3.63) is 65.9 Å². The van der Waals surface area contributed by atoms with Crippen molar-refractivity contribution in [3.63, 3.8) is 0 Å². The van der Waals surface area contributed by atoms with Gasteiger partial charge in [0.1, 0.15) is 0 Å². The molecule has 0 N–H and O–H groups in total. The monoisotopic (exact) mass is 247 g/mol. The number of aryl methyl sites for hydroxylation is 1. The Morgan fingerprint density at radius 3 is 2.42 bits per heavy atom. The number of hydrogen-bond donors (Lipinski definition) is 0. The van der Waals surface area contributed by atoms with E-state index in [4.69, 9.17) is 0 Å². The lowest BCUT2D eigenvalue weighted by molar-refractivity contribution is 0.112. The second kappa shape index (κ2) is 4.65. The van der Waals surface area contributed by atoms with Crippen molar-refractivity contribution in [3.8, 4) is 11.1 Å². The molecule has 0 aliphatic carbocycles. The molecule has 0 fully saturated rings. The number of pyridine rings is 1. The standard InChI is InChI=1S/C17H13NO/c1-12-2-4-13(5-3-12)14-6-7-16-15(11-19)8-9-18-17(16)10-14/h2-11H,1H3. The Kier molecular flexibility index (Phi) is 2.84. The Bertz CT molecular complexity index is 745. The van der Waals surface area contributed by atoms with Gasteiger partial charge in [-0.3, -0.25) is 9.78 Å². The number of carbonyl (C=O) groups excluding carboxylic acids is 1. The molecule has 0 spiro atoms. The summed E-state index contributed by atoms with van der Waals surface area (Å²) in [6.45, 7) is 2.07. The molecule has 2 heteroatoms. The van der Waals surface area contributed by atoms with Gasteiger partial charge in [0.05, 0.1) is 5.52 Å². The van der Waals surface area contributed by atoms with Crippen molar-refractivity contribution in [2.24, 2.45) is 0 Å². The predicted molar refractivity (Wildman–Crippen MR) is 77.3 cm³/mol. The lowest BCUT2D eigenvalue weighted by atomic mass is 10.0. The van der Waals surface area contributed by atoms with E-state index >= 15 is 0 Å². The van der Waals surface area contributed by atoms with Crippen LogP contribution in [0.2, 0.25) is 0 Å². The summed E-state index contributed by atoms with van der Waals surface area (Å²) >= 11 is 0. The third kappa shape index (κ3) is 2.13. The number of aldehydes is 1. The lowest BCUT2D eigenvalue weighted by Crippen LogP contribution is -1.87. The van der Waals surface area contributed by atoms with Crippen molar-refractivity contribution in [2.75, 3.05) is 0 Å². The van der Waals surface area contributed by atoms with Crippen LogP contribution in [-0.2, 0) is 0 Å². The molecule has 0 radical (unpaired) electrons. The van der Waals surface area contributed by atoms with E-state index in [0.29, 0.717) is 5.56 Å². The summed E-state index contributed by atoms with van der Waals surface area (Å²) in [6, 6.07) is 16.1. The first-order valence-electron chi connectivity index (χ1n) is 6.19. The molecule has 1 heterocycles. The summed E-state index contributed by atoms with van der Waals surface area (Å²) < 4.78 is 0. The Balaban J connectivity index is 2.17. The summed E-state index contributed by atoms with van der Waals surface area (Å²) in [4.78, 5) is 15.3. The highest BCUT2D eigenvalue weighted by Gasteiger charge is 2.03. The van der Waals surface area contributed by atoms with E-state index < -0.39 is 0 Å². The van der Waals surface area contributed by atoms with Gasteiger partial charge in [0.15, 0.2) is 6.29 Å². The van der Waals surface area contributed by atoms with Gasteiger partial charge in [0, 0.05) is 17.1 Å². The predicted octanol–water partition coefficient (Wildman–Crippen LogP) is 4.02. The van der Waals surface area contributed by atoms with E-state index in [1.54, 1.807) is 12.3 Å². The van der Waals surface area contributed by atoms with Crippen LogP contribution >= 0.6 is 0 Å². The molecule has 0 saturated carbocycles. The van der Waals surface area contributed by atoms with E-state index in [9.17, 15) is 4.79 Å². The smallest absolute Gasteiger partial charge is 0.150 e. The summed E-state index contributed by atoms with van der Waals surface area (Å²) in [7, 11) is 0. The van der Waals surface area contributed by atoms with Crippen molar-refractivity contribution in [2.45, 2.75) is 6.92 Å². The minimum atomic E-state index is 0.681. The first-order valence-corrected chi connectivity index (χ1v) is 6.19. The normalized spacial score (nSPS) is 10.6. The van der Waals surface area contributed by atoms with Gasteiger partial charge in [-0.05, 0) is 30.2 Å². The second-order valence-corrected chi connectivity index (χ2v) is 4.62. The quantitative estimate of drug-likeness (QED) is 0.640. The van der Waals surface area contributed by atoms with Crippen LogP contribution in [0.15, 0.2) is 54.7 Å². The maximum atomic E-state index is 11.0. The molecule has 3 aromatic rings.